The van der Waals surface area contributed by atoms with Gasteiger partial charge in [-0.25, -0.2) is 0 Å². The minimum Gasteiger partial charge on any atom is -0.378 e. The van der Waals surface area contributed by atoms with Crippen molar-refractivity contribution in [2.75, 3.05) is 47.6 Å². The summed E-state index contributed by atoms with van der Waals surface area (Å²) in [5, 5.41) is 15.2. The molecule has 2 aromatic carbocycles. The number of aromatic nitrogens is 2. The Kier molecular flexibility index (Phi) is 7.39. The molecule has 1 aromatic heterocycles. The smallest absolute Gasteiger partial charge is 0.234 e. The van der Waals surface area contributed by atoms with Crippen molar-refractivity contribution in [3.8, 4) is 0 Å². The monoisotopic (exact) mass is 455 g/mol. The molecule has 0 saturated carbocycles. The number of hydrogen-bond donors (Lipinski definition) is 2. The molecule has 7 nitrogen and oxygen atoms in total. The van der Waals surface area contributed by atoms with E-state index >= 15 is 0 Å². The van der Waals surface area contributed by atoms with Crippen molar-refractivity contribution in [2.24, 2.45) is 0 Å². The Hall–Kier alpha value is -2.62. The number of nitrogens with one attached hydrogen (secondary N) is 2. The van der Waals surface area contributed by atoms with Gasteiger partial charge in [0.15, 0.2) is 4.34 Å². The predicted molar refractivity (Wildman–Crippen MR) is 128 cm³/mol. The Bertz CT molecular complexity index is 986. The first kappa shape index (κ1) is 21.6. The summed E-state index contributed by atoms with van der Waals surface area (Å²) in [5.74, 6) is 0.217. The highest BCUT2D eigenvalue weighted by molar-refractivity contribution is 8.01. The van der Waals surface area contributed by atoms with Gasteiger partial charge in [0.1, 0.15) is 0 Å². The van der Waals surface area contributed by atoms with Crippen molar-refractivity contribution >= 4 is 51.2 Å². The Labute approximate surface area is 190 Å². The molecule has 2 N–H and O–H groups in total. The van der Waals surface area contributed by atoms with E-state index in [1.54, 1.807) is 0 Å². The van der Waals surface area contributed by atoms with E-state index in [4.69, 9.17) is 4.74 Å². The van der Waals surface area contributed by atoms with Gasteiger partial charge in [0.2, 0.25) is 11.0 Å². The third-order valence-corrected chi connectivity index (χ3v) is 6.85. The van der Waals surface area contributed by atoms with Crippen LogP contribution in [0.25, 0.3) is 0 Å². The molecule has 1 saturated heterocycles. The molecular weight excluding hydrogens is 430 g/mol. The van der Waals surface area contributed by atoms with Crippen LogP contribution in [0.5, 0.6) is 0 Å². The van der Waals surface area contributed by atoms with Gasteiger partial charge < -0.3 is 20.3 Å². The van der Waals surface area contributed by atoms with Crippen LogP contribution in [-0.2, 0) is 16.0 Å². The summed E-state index contributed by atoms with van der Waals surface area (Å²) in [5.41, 5.74) is 4.20. The number of thioether (sulfide) groups is 1. The molecule has 31 heavy (non-hydrogen) atoms. The summed E-state index contributed by atoms with van der Waals surface area (Å²) in [6, 6.07) is 16.2. The number of amides is 1. The van der Waals surface area contributed by atoms with Crippen molar-refractivity contribution in [3.05, 3.63) is 54.1 Å². The van der Waals surface area contributed by atoms with E-state index in [1.165, 1.54) is 28.7 Å². The van der Waals surface area contributed by atoms with Gasteiger partial charge in [-0.15, -0.1) is 10.2 Å². The highest BCUT2D eigenvalue weighted by atomic mass is 32.2. The Balaban J connectivity index is 1.24. The molecule has 0 bridgehead atoms. The molecule has 1 aliphatic heterocycles. The third kappa shape index (κ3) is 6.19. The summed E-state index contributed by atoms with van der Waals surface area (Å²) in [6.07, 6.45) is 1.01. The second-order valence-electron chi connectivity index (χ2n) is 7.03. The summed E-state index contributed by atoms with van der Waals surface area (Å²) in [6.45, 7) is 5.43. The molecule has 1 aliphatic rings. The number of morpholine rings is 1. The first-order valence-corrected chi connectivity index (χ1v) is 12.0. The normalized spacial score (nSPS) is 13.8. The fraction of sp³-hybridized carbons (Fsp3) is 0.318. The molecule has 0 unspecified atom stereocenters. The molecule has 2 heterocycles. The maximum absolute atomic E-state index is 12.3. The van der Waals surface area contributed by atoms with Crippen molar-refractivity contribution in [2.45, 2.75) is 17.7 Å². The summed E-state index contributed by atoms with van der Waals surface area (Å²) < 4.78 is 6.14. The van der Waals surface area contributed by atoms with Gasteiger partial charge in [0.05, 0.1) is 19.0 Å². The Morgan fingerprint density at radius 3 is 2.48 bits per heavy atom. The van der Waals surface area contributed by atoms with Gasteiger partial charge in [-0.2, -0.15) is 0 Å². The third-order valence-electron chi connectivity index (χ3n) is 4.87. The van der Waals surface area contributed by atoms with Crippen molar-refractivity contribution in [3.63, 3.8) is 0 Å². The van der Waals surface area contributed by atoms with Crippen LogP contribution >= 0.6 is 23.1 Å². The molecule has 162 valence electrons. The highest BCUT2D eigenvalue weighted by Crippen LogP contribution is 2.28. The van der Waals surface area contributed by atoms with E-state index in [9.17, 15) is 4.79 Å². The summed E-state index contributed by atoms with van der Waals surface area (Å²) >= 11 is 2.82. The minimum atomic E-state index is -0.0658. The average molecular weight is 456 g/mol. The number of hydrogen-bond acceptors (Lipinski definition) is 8. The Morgan fingerprint density at radius 1 is 1.06 bits per heavy atom. The molecule has 0 aliphatic carbocycles. The fourth-order valence-electron chi connectivity index (χ4n) is 3.17. The summed E-state index contributed by atoms with van der Waals surface area (Å²) in [4.78, 5) is 14.6. The number of nitrogens with zero attached hydrogens (tertiary/aromatic N) is 3. The van der Waals surface area contributed by atoms with Crippen LogP contribution in [0.2, 0.25) is 0 Å². The number of carbonyl (C=O) groups excluding carboxylic acids is 1. The van der Waals surface area contributed by atoms with E-state index in [2.05, 4.69) is 44.8 Å². The SMILES string of the molecule is CCc1ccc(Nc2nnc(SCC(=O)Nc3ccc(N4CCOCC4)cc3)s2)cc1. The van der Waals surface area contributed by atoms with Crippen LogP contribution in [0.4, 0.5) is 22.2 Å². The zero-order chi connectivity index (χ0) is 21.5. The van der Waals surface area contributed by atoms with E-state index in [0.717, 1.165) is 54.1 Å². The first-order chi connectivity index (χ1) is 15.2. The lowest BCUT2D eigenvalue weighted by Crippen LogP contribution is -2.36. The molecule has 0 spiro atoms. The van der Waals surface area contributed by atoms with Gasteiger partial charge in [-0.3, -0.25) is 4.79 Å². The van der Waals surface area contributed by atoms with Gasteiger partial charge in [-0.1, -0.05) is 42.2 Å². The first-order valence-electron chi connectivity index (χ1n) is 10.2. The van der Waals surface area contributed by atoms with Crippen molar-refractivity contribution < 1.29 is 9.53 Å². The van der Waals surface area contributed by atoms with Gasteiger partial charge in [0.25, 0.3) is 0 Å². The van der Waals surface area contributed by atoms with Gasteiger partial charge in [-0.05, 0) is 48.4 Å². The molecule has 1 amide bonds. The lowest BCUT2D eigenvalue weighted by Gasteiger charge is -2.28. The largest absolute Gasteiger partial charge is 0.378 e. The zero-order valence-corrected chi connectivity index (χ0v) is 19.0. The zero-order valence-electron chi connectivity index (χ0n) is 17.3. The predicted octanol–water partition coefficient (Wildman–Crippen LogP) is 4.41. The second-order valence-corrected chi connectivity index (χ2v) is 9.23. The number of ether oxygens (including phenoxy) is 1. The fourth-order valence-corrected chi connectivity index (χ4v) is 4.74. The molecule has 4 rings (SSSR count). The average Bonchev–Trinajstić information content (AvgIpc) is 3.26. The van der Waals surface area contributed by atoms with Crippen LogP contribution in [0, 0.1) is 0 Å². The van der Waals surface area contributed by atoms with Crippen LogP contribution in [0.1, 0.15) is 12.5 Å². The highest BCUT2D eigenvalue weighted by Gasteiger charge is 2.12. The van der Waals surface area contributed by atoms with Crippen LogP contribution in [0.15, 0.2) is 52.9 Å². The second kappa shape index (κ2) is 10.6. The maximum atomic E-state index is 12.3. The van der Waals surface area contributed by atoms with E-state index in [-0.39, 0.29) is 11.7 Å². The molecule has 0 atom stereocenters. The lowest BCUT2D eigenvalue weighted by atomic mass is 10.1. The molecule has 0 radical (unpaired) electrons. The molecular formula is C22H25N5O2S2. The van der Waals surface area contributed by atoms with E-state index in [1.807, 2.05) is 36.4 Å². The van der Waals surface area contributed by atoms with Crippen LogP contribution < -0.4 is 15.5 Å². The van der Waals surface area contributed by atoms with E-state index in [0.29, 0.717) is 5.13 Å². The topological polar surface area (TPSA) is 79.4 Å². The molecule has 9 heteroatoms. The van der Waals surface area contributed by atoms with Crippen molar-refractivity contribution in [1.29, 1.82) is 0 Å². The van der Waals surface area contributed by atoms with Crippen molar-refractivity contribution in [1.82, 2.24) is 10.2 Å². The summed E-state index contributed by atoms with van der Waals surface area (Å²) in [7, 11) is 0. The maximum Gasteiger partial charge on any atom is 0.234 e. The van der Waals surface area contributed by atoms with Gasteiger partial charge >= 0.3 is 0 Å². The number of rotatable bonds is 8. The lowest BCUT2D eigenvalue weighted by molar-refractivity contribution is -0.113. The molecule has 3 aromatic rings. The Morgan fingerprint density at radius 2 is 1.77 bits per heavy atom. The van der Waals surface area contributed by atoms with E-state index < -0.39 is 0 Å². The number of aryl methyl sites for hydroxylation is 1. The van der Waals surface area contributed by atoms with Crippen LogP contribution in [-0.4, -0.2) is 48.2 Å². The quantitative estimate of drug-likeness (QED) is 0.487. The van der Waals surface area contributed by atoms with Crippen LogP contribution in [0.3, 0.4) is 0 Å². The molecule has 1 fully saturated rings. The number of anilines is 4. The standard InChI is InChI=1S/C22H25N5O2S2/c1-2-16-3-5-18(6-4-16)24-21-25-26-22(31-21)30-15-20(28)23-17-7-9-19(10-8-17)27-11-13-29-14-12-27/h3-10H,2,11-15H2,1H3,(H,23,28)(H,24,25). The number of carbonyl (C=O) groups is 1. The number of benzene rings is 2. The van der Waals surface area contributed by atoms with Gasteiger partial charge in [0, 0.05) is 30.2 Å². The minimum absolute atomic E-state index is 0.0658.